The van der Waals surface area contributed by atoms with Crippen LogP contribution in [0, 0.1) is 11.8 Å². The zero-order valence-electron chi connectivity index (χ0n) is 15.6. The van der Waals surface area contributed by atoms with Crippen molar-refractivity contribution in [3.8, 4) is 0 Å². The van der Waals surface area contributed by atoms with Gasteiger partial charge in [0.05, 0.1) is 5.52 Å². The molecule has 0 aliphatic heterocycles. The highest BCUT2D eigenvalue weighted by Crippen LogP contribution is 2.40. The number of anilines is 1. The number of benzene rings is 1. The van der Waals surface area contributed by atoms with Crippen LogP contribution in [0.3, 0.4) is 0 Å². The molecule has 1 aliphatic carbocycles. The molecule has 1 saturated carbocycles. The van der Waals surface area contributed by atoms with E-state index in [0.717, 1.165) is 36.9 Å². The van der Waals surface area contributed by atoms with E-state index in [4.69, 9.17) is 0 Å². The number of fused-ring (bicyclic) bond motifs is 1. The first-order valence-electron chi connectivity index (χ1n) is 9.77. The van der Waals surface area contributed by atoms with Gasteiger partial charge in [-0.25, -0.2) is 0 Å². The molecule has 0 bridgehead atoms. The minimum atomic E-state index is 0.0216. The molecule has 1 aromatic carbocycles. The smallest absolute Gasteiger partial charge is 0.227 e. The maximum Gasteiger partial charge on any atom is 0.227 e. The molecule has 4 heteroatoms. The SMILES string of the molecule is C[C@@H](C(=O)Nc1ccncc1)[C@H]1CC[C@@H](c2ccnc3ccccc32)CC1. The summed E-state index contributed by atoms with van der Waals surface area (Å²) in [6.07, 6.45) is 9.76. The van der Waals surface area contributed by atoms with E-state index in [0.29, 0.717) is 11.8 Å². The Morgan fingerprint density at radius 1 is 1.00 bits per heavy atom. The molecule has 1 aliphatic rings. The number of carbonyl (C=O) groups is 1. The predicted molar refractivity (Wildman–Crippen MR) is 108 cm³/mol. The molecule has 1 fully saturated rings. The predicted octanol–water partition coefficient (Wildman–Crippen LogP) is 5.18. The minimum Gasteiger partial charge on any atom is -0.326 e. The van der Waals surface area contributed by atoms with Gasteiger partial charge in [0.25, 0.3) is 0 Å². The molecule has 1 amide bonds. The molecule has 0 unspecified atom stereocenters. The molecule has 0 spiro atoms. The fraction of sp³-hybridized carbons (Fsp3) is 0.348. The lowest BCUT2D eigenvalue weighted by Crippen LogP contribution is -2.29. The Balaban J connectivity index is 1.40. The van der Waals surface area contributed by atoms with Crippen molar-refractivity contribution in [2.75, 3.05) is 5.32 Å². The maximum absolute atomic E-state index is 12.6. The van der Waals surface area contributed by atoms with Gasteiger partial charge in [-0.3, -0.25) is 14.8 Å². The molecule has 27 heavy (non-hydrogen) atoms. The summed E-state index contributed by atoms with van der Waals surface area (Å²) in [5.41, 5.74) is 3.30. The second-order valence-corrected chi connectivity index (χ2v) is 7.54. The maximum atomic E-state index is 12.6. The van der Waals surface area contributed by atoms with Crippen molar-refractivity contribution in [2.24, 2.45) is 11.8 Å². The van der Waals surface area contributed by atoms with Gasteiger partial charge in [-0.1, -0.05) is 25.1 Å². The van der Waals surface area contributed by atoms with E-state index >= 15 is 0 Å². The number of aromatic nitrogens is 2. The zero-order chi connectivity index (χ0) is 18.6. The Hall–Kier alpha value is -2.75. The quantitative estimate of drug-likeness (QED) is 0.698. The summed E-state index contributed by atoms with van der Waals surface area (Å²) in [5, 5.41) is 4.29. The van der Waals surface area contributed by atoms with Crippen LogP contribution >= 0.6 is 0 Å². The zero-order valence-corrected chi connectivity index (χ0v) is 15.6. The second kappa shape index (κ2) is 7.87. The van der Waals surface area contributed by atoms with Gasteiger partial charge in [0.2, 0.25) is 5.91 Å². The van der Waals surface area contributed by atoms with Crippen LogP contribution in [0.4, 0.5) is 5.69 Å². The van der Waals surface area contributed by atoms with E-state index in [1.165, 1.54) is 10.9 Å². The molecule has 2 aromatic heterocycles. The van der Waals surface area contributed by atoms with Crippen molar-refractivity contribution in [2.45, 2.75) is 38.5 Å². The third-order valence-corrected chi connectivity index (χ3v) is 5.96. The van der Waals surface area contributed by atoms with E-state index in [1.807, 2.05) is 24.4 Å². The monoisotopic (exact) mass is 359 g/mol. The number of para-hydroxylation sites is 1. The number of pyridine rings is 2. The van der Waals surface area contributed by atoms with E-state index < -0.39 is 0 Å². The molecule has 1 atom stereocenters. The summed E-state index contributed by atoms with van der Waals surface area (Å²) in [5.74, 6) is 1.13. The van der Waals surface area contributed by atoms with Crippen molar-refractivity contribution < 1.29 is 4.79 Å². The number of rotatable bonds is 4. The van der Waals surface area contributed by atoms with Crippen LogP contribution in [0.5, 0.6) is 0 Å². The van der Waals surface area contributed by atoms with Gasteiger partial charge in [-0.05, 0) is 67.3 Å². The number of hydrogen-bond acceptors (Lipinski definition) is 3. The van der Waals surface area contributed by atoms with Crippen molar-refractivity contribution in [1.82, 2.24) is 9.97 Å². The van der Waals surface area contributed by atoms with E-state index in [-0.39, 0.29) is 11.8 Å². The summed E-state index contributed by atoms with van der Waals surface area (Å²) in [6, 6.07) is 14.2. The van der Waals surface area contributed by atoms with Crippen LogP contribution in [0.15, 0.2) is 61.1 Å². The molecular weight excluding hydrogens is 334 g/mol. The van der Waals surface area contributed by atoms with Crippen LogP contribution in [-0.2, 0) is 4.79 Å². The van der Waals surface area contributed by atoms with Crippen LogP contribution in [0.1, 0.15) is 44.1 Å². The second-order valence-electron chi connectivity index (χ2n) is 7.54. The number of amides is 1. The Morgan fingerprint density at radius 2 is 1.74 bits per heavy atom. The highest BCUT2D eigenvalue weighted by molar-refractivity contribution is 5.92. The Kier molecular flexibility index (Phi) is 5.14. The normalized spacial score (nSPS) is 20.9. The van der Waals surface area contributed by atoms with Gasteiger partial charge in [0, 0.05) is 35.6 Å². The molecule has 4 nitrogen and oxygen atoms in total. The van der Waals surface area contributed by atoms with Gasteiger partial charge in [0.15, 0.2) is 0 Å². The fourth-order valence-corrected chi connectivity index (χ4v) is 4.31. The van der Waals surface area contributed by atoms with Crippen molar-refractivity contribution >= 4 is 22.5 Å². The molecular formula is C23H25N3O. The Morgan fingerprint density at radius 3 is 2.52 bits per heavy atom. The third kappa shape index (κ3) is 3.85. The van der Waals surface area contributed by atoms with Crippen molar-refractivity contribution in [3.63, 3.8) is 0 Å². The van der Waals surface area contributed by atoms with E-state index in [1.54, 1.807) is 12.4 Å². The van der Waals surface area contributed by atoms with Gasteiger partial charge in [-0.2, -0.15) is 0 Å². The standard InChI is InChI=1S/C23H25N3O/c1-16(23(27)26-19-10-13-24-14-11-19)17-6-8-18(9-7-17)20-12-15-25-22-5-3-2-4-21(20)22/h2-5,10-18H,6-9H2,1H3,(H,24,26,27)/t16-,17-,18+/m1/s1. The summed E-state index contributed by atoms with van der Waals surface area (Å²) in [7, 11) is 0. The Bertz CT molecular complexity index is 912. The summed E-state index contributed by atoms with van der Waals surface area (Å²) in [4.78, 5) is 21.1. The summed E-state index contributed by atoms with van der Waals surface area (Å²) in [6.45, 7) is 2.06. The van der Waals surface area contributed by atoms with Gasteiger partial charge >= 0.3 is 0 Å². The topological polar surface area (TPSA) is 54.9 Å². The van der Waals surface area contributed by atoms with Gasteiger partial charge < -0.3 is 5.32 Å². The number of nitrogens with one attached hydrogen (secondary N) is 1. The van der Waals surface area contributed by atoms with Crippen molar-refractivity contribution in [1.29, 1.82) is 0 Å². The lowest BCUT2D eigenvalue weighted by atomic mass is 9.73. The van der Waals surface area contributed by atoms with Gasteiger partial charge in [-0.15, -0.1) is 0 Å². The highest BCUT2D eigenvalue weighted by atomic mass is 16.1. The first-order chi connectivity index (χ1) is 13.2. The molecule has 3 aromatic rings. The molecule has 1 N–H and O–H groups in total. The number of nitrogens with zero attached hydrogens (tertiary/aromatic N) is 2. The number of hydrogen-bond donors (Lipinski definition) is 1. The van der Waals surface area contributed by atoms with Crippen molar-refractivity contribution in [3.05, 3.63) is 66.6 Å². The Labute approximate surface area is 160 Å². The largest absolute Gasteiger partial charge is 0.326 e. The van der Waals surface area contributed by atoms with Gasteiger partial charge in [0.1, 0.15) is 0 Å². The van der Waals surface area contributed by atoms with E-state index in [2.05, 4.69) is 46.5 Å². The van der Waals surface area contributed by atoms with Crippen LogP contribution in [0.2, 0.25) is 0 Å². The number of carbonyl (C=O) groups excluding carboxylic acids is 1. The lowest BCUT2D eigenvalue weighted by molar-refractivity contribution is -0.121. The first-order valence-corrected chi connectivity index (χ1v) is 9.77. The summed E-state index contributed by atoms with van der Waals surface area (Å²) >= 11 is 0. The fourth-order valence-electron chi connectivity index (χ4n) is 4.31. The molecule has 4 rings (SSSR count). The van der Waals surface area contributed by atoms with Crippen LogP contribution < -0.4 is 5.32 Å². The first kappa shape index (κ1) is 17.7. The summed E-state index contributed by atoms with van der Waals surface area (Å²) < 4.78 is 0. The minimum absolute atomic E-state index is 0.0216. The lowest BCUT2D eigenvalue weighted by Gasteiger charge is -2.32. The van der Waals surface area contributed by atoms with E-state index in [9.17, 15) is 4.79 Å². The molecule has 0 saturated heterocycles. The van der Waals surface area contributed by atoms with Crippen LogP contribution in [-0.4, -0.2) is 15.9 Å². The molecule has 138 valence electrons. The average Bonchev–Trinajstić information content (AvgIpc) is 2.73. The average molecular weight is 359 g/mol. The third-order valence-electron chi connectivity index (χ3n) is 5.96. The molecule has 0 radical (unpaired) electrons. The highest BCUT2D eigenvalue weighted by Gasteiger charge is 2.30. The molecule has 2 heterocycles. The van der Waals surface area contributed by atoms with Crippen LogP contribution in [0.25, 0.3) is 10.9 Å².